The van der Waals surface area contributed by atoms with Gasteiger partial charge in [0, 0.05) is 12.7 Å². The molecule has 0 fully saturated rings. The summed E-state index contributed by atoms with van der Waals surface area (Å²) in [6, 6.07) is 19.8. The number of pyridine rings is 1. The van der Waals surface area contributed by atoms with Crippen molar-refractivity contribution in [2.45, 2.75) is 13.1 Å². The van der Waals surface area contributed by atoms with Crippen molar-refractivity contribution in [3.8, 4) is 11.5 Å². The van der Waals surface area contributed by atoms with E-state index in [2.05, 4.69) is 21.7 Å². The fourth-order valence-corrected chi connectivity index (χ4v) is 2.63. The molecule has 5 heteroatoms. The number of nitrogens with zero attached hydrogens (tertiary/aromatic N) is 1. The molecule has 0 aliphatic carbocycles. The quantitative estimate of drug-likeness (QED) is 0.634. The predicted octanol–water partition coefficient (Wildman–Crippen LogP) is 4.32. The molecule has 1 heterocycles. The van der Waals surface area contributed by atoms with E-state index in [-0.39, 0.29) is 0 Å². The van der Waals surface area contributed by atoms with Crippen molar-refractivity contribution in [2.24, 2.45) is 0 Å². The van der Waals surface area contributed by atoms with Crippen LogP contribution in [0.2, 0.25) is 0 Å². The third-order valence-corrected chi connectivity index (χ3v) is 4.04. The molecular weight excluding hydrogens is 326 g/mol. The SMILES string of the molecule is COc1ccccc1NCc1ccc(CNc2ccccc2OC)nc1. The molecule has 3 rings (SSSR count). The van der Waals surface area contributed by atoms with E-state index in [9.17, 15) is 0 Å². The second-order valence-electron chi connectivity index (χ2n) is 5.77. The molecule has 2 aromatic carbocycles. The van der Waals surface area contributed by atoms with Crippen LogP contribution >= 0.6 is 0 Å². The fraction of sp³-hybridized carbons (Fsp3) is 0.190. The highest BCUT2D eigenvalue weighted by Crippen LogP contribution is 2.24. The van der Waals surface area contributed by atoms with Crippen molar-refractivity contribution in [1.82, 2.24) is 4.98 Å². The van der Waals surface area contributed by atoms with Gasteiger partial charge in [-0.25, -0.2) is 0 Å². The van der Waals surface area contributed by atoms with Crippen LogP contribution in [0.3, 0.4) is 0 Å². The van der Waals surface area contributed by atoms with Gasteiger partial charge in [-0.15, -0.1) is 0 Å². The number of hydrogen-bond donors (Lipinski definition) is 2. The monoisotopic (exact) mass is 349 g/mol. The predicted molar refractivity (Wildman–Crippen MR) is 105 cm³/mol. The minimum absolute atomic E-state index is 0.639. The lowest BCUT2D eigenvalue weighted by Crippen LogP contribution is -2.05. The Bertz CT molecular complexity index is 764. The zero-order valence-corrected chi connectivity index (χ0v) is 15.0. The molecule has 0 aliphatic heterocycles. The molecule has 5 nitrogen and oxygen atoms in total. The lowest BCUT2D eigenvalue weighted by atomic mass is 10.2. The van der Waals surface area contributed by atoms with E-state index in [1.165, 1.54) is 0 Å². The first-order valence-electron chi connectivity index (χ1n) is 8.47. The lowest BCUT2D eigenvalue weighted by Gasteiger charge is -2.12. The van der Waals surface area contributed by atoms with Gasteiger partial charge in [0.1, 0.15) is 11.5 Å². The molecule has 1 aromatic heterocycles. The number of nitrogens with one attached hydrogen (secondary N) is 2. The van der Waals surface area contributed by atoms with E-state index in [0.29, 0.717) is 13.1 Å². The van der Waals surface area contributed by atoms with Crippen molar-refractivity contribution in [3.05, 3.63) is 78.1 Å². The lowest BCUT2D eigenvalue weighted by molar-refractivity contribution is 0.416. The molecule has 0 spiro atoms. The van der Waals surface area contributed by atoms with Gasteiger partial charge in [0.2, 0.25) is 0 Å². The molecular formula is C21H23N3O2. The van der Waals surface area contributed by atoms with Crippen LogP contribution in [0.15, 0.2) is 66.9 Å². The first kappa shape index (κ1) is 17.6. The van der Waals surface area contributed by atoms with Gasteiger partial charge in [-0.3, -0.25) is 4.98 Å². The molecule has 0 unspecified atom stereocenters. The normalized spacial score (nSPS) is 10.2. The van der Waals surface area contributed by atoms with Crippen LogP contribution in [0, 0.1) is 0 Å². The summed E-state index contributed by atoms with van der Waals surface area (Å²) in [5.74, 6) is 1.66. The number of aromatic nitrogens is 1. The van der Waals surface area contributed by atoms with Crippen LogP contribution in [0.4, 0.5) is 11.4 Å². The van der Waals surface area contributed by atoms with Gasteiger partial charge in [-0.2, -0.15) is 0 Å². The number of anilines is 2. The van der Waals surface area contributed by atoms with E-state index in [1.54, 1.807) is 14.2 Å². The molecule has 0 saturated carbocycles. The van der Waals surface area contributed by atoms with Gasteiger partial charge < -0.3 is 20.1 Å². The highest BCUT2D eigenvalue weighted by Gasteiger charge is 2.03. The Morgan fingerprint density at radius 2 is 1.31 bits per heavy atom. The largest absolute Gasteiger partial charge is 0.495 e. The van der Waals surface area contributed by atoms with E-state index >= 15 is 0 Å². The Morgan fingerprint density at radius 1 is 0.731 bits per heavy atom. The second kappa shape index (κ2) is 8.76. The molecule has 0 radical (unpaired) electrons. The number of methoxy groups -OCH3 is 2. The molecule has 0 bridgehead atoms. The first-order valence-corrected chi connectivity index (χ1v) is 8.47. The zero-order chi connectivity index (χ0) is 18.2. The van der Waals surface area contributed by atoms with Crippen molar-refractivity contribution >= 4 is 11.4 Å². The van der Waals surface area contributed by atoms with Crippen LogP contribution < -0.4 is 20.1 Å². The maximum Gasteiger partial charge on any atom is 0.141 e. The van der Waals surface area contributed by atoms with Crippen LogP contribution in [0.5, 0.6) is 11.5 Å². The van der Waals surface area contributed by atoms with Crippen LogP contribution in [-0.4, -0.2) is 19.2 Å². The van der Waals surface area contributed by atoms with E-state index in [4.69, 9.17) is 9.47 Å². The number of para-hydroxylation sites is 4. The van der Waals surface area contributed by atoms with Gasteiger partial charge in [0.05, 0.1) is 37.8 Å². The first-order chi connectivity index (χ1) is 12.8. The fourth-order valence-electron chi connectivity index (χ4n) is 2.63. The van der Waals surface area contributed by atoms with Gasteiger partial charge in [-0.1, -0.05) is 30.3 Å². The summed E-state index contributed by atoms with van der Waals surface area (Å²) in [5.41, 5.74) is 4.00. The average molecular weight is 349 g/mol. The number of rotatable bonds is 8. The molecule has 134 valence electrons. The maximum atomic E-state index is 5.35. The smallest absolute Gasteiger partial charge is 0.141 e. The molecule has 0 aliphatic rings. The Kier molecular flexibility index (Phi) is 5.93. The number of hydrogen-bond acceptors (Lipinski definition) is 5. The third kappa shape index (κ3) is 4.45. The Morgan fingerprint density at radius 3 is 1.85 bits per heavy atom. The zero-order valence-electron chi connectivity index (χ0n) is 15.0. The molecule has 0 amide bonds. The number of ether oxygens (including phenoxy) is 2. The van der Waals surface area contributed by atoms with Gasteiger partial charge >= 0.3 is 0 Å². The highest BCUT2D eigenvalue weighted by molar-refractivity contribution is 5.57. The molecule has 26 heavy (non-hydrogen) atoms. The van der Waals surface area contributed by atoms with E-state index < -0.39 is 0 Å². The minimum atomic E-state index is 0.639. The molecule has 2 N–H and O–H groups in total. The van der Waals surface area contributed by atoms with Gasteiger partial charge in [0.15, 0.2) is 0 Å². The van der Waals surface area contributed by atoms with Gasteiger partial charge in [0.25, 0.3) is 0 Å². The highest BCUT2D eigenvalue weighted by atomic mass is 16.5. The summed E-state index contributed by atoms with van der Waals surface area (Å²) in [5, 5.41) is 6.73. The summed E-state index contributed by atoms with van der Waals surface area (Å²) in [6.07, 6.45) is 1.89. The number of benzene rings is 2. The second-order valence-corrected chi connectivity index (χ2v) is 5.77. The summed E-state index contributed by atoms with van der Waals surface area (Å²) in [4.78, 5) is 4.53. The Hall–Kier alpha value is -3.21. The van der Waals surface area contributed by atoms with Crippen LogP contribution in [-0.2, 0) is 13.1 Å². The molecule has 0 saturated heterocycles. The van der Waals surface area contributed by atoms with Gasteiger partial charge in [-0.05, 0) is 35.9 Å². The van der Waals surface area contributed by atoms with Crippen molar-refractivity contribution < 1.29 is 9.47 Å². The Balaban J connectivity index is 1.56. The summed E-state index contributed by atoms with van der Waals surface area (Å²) in [6.45, 7) is 1.33. The van der Waals surface area contributed by atoms with Crippen molar-refractivity contribution in [1.29, 1.82) is 0 Å². The summed E-state index contributed by atoms with van der Waals surface area (Å²) < 4.78 is 10.7. The Labute approximate surface area is 154 Å². The van der Waals surface area contributed by atoms with Crippen LogP contribution in [0.1, 0.15) is 11.3 Å². The summed E-state index contributed by atoms with van der Waals surface area (Å²) >= 11 is 0. The maximum absolute atomic E-state index is 5.35. The molecule has 3 aromatic rings. The van der Waals surface area contributed by atoms with Crippen LogP contribution in [0.25, 0.3) is 0 Å². The van der Waals surface area contributed by atoms with E-state index in [0.717, 1.165) is 34.1 Å². The average Bonchev–Trinajstić information content (AvgIpc) is 2.72. The third-order valence-electron chi connectivity index (χ3n) is 4.04. The van der Waals surface area contributed by atoms with E-state index in [1.807, 2.05) is 60.8 Å². The minimum Gasteiger partial charge on any atom is -0.495 e. The van der Waals surface area contributed by atoms with Crippen molar-refractivity contribution in [2.75, 3.05) is 24.9 Å². The molecule has 0 atom stereocenters. The van der Waals surface area contributed by atoms with Crippen molar-refractivity contribution in [3.63, 3.8) is 0 Å². The summed E-state index contributed by atoms with van der Waals surface area (Å²) in [7, 11) is 3.34. The topological polar surface area (TPSA) is 55.4 Å². The standard InChI is InChI=1S/C21H23N3O2/c1-25-20-9-5-3-7-18(20)23-14-16-11-12-17(22-13-16)15-24-19-8-4-6-10-21(19)26-2/h3-13,23-24H,14-15H2,1-2H3.